The molecule has 0 bridgehead atoms. The molecule has 2 aromatic rings. The fourth-order valence-electron chi connectivity index (χ4n) is 2.73. The number of carboxylic acids is 1. The molecule has 6 nitrogen and oxygen atoms in total. The van der Waals surface area contributed by atoms with Crippen molar-refractivity contribution < 1.29 is 18.3 Å². The van der Waals surface area contributed by atoms with Gasteiger partial charge in [-0.2, -0.15) is 4.72 Å². The third-order valence-corrected chi connectivity index (χ3v) is 6.03. The fourth-order valence-corrected chi connectivity index (χ4v) is 4.08. The number of carbonyl (C=O) groups is 1. The highest BCUT2D eigenvalue weighted by Gasteiger charge is 2.25. The van der Waals surface area contributed by atoms with E-state index >= 15 is 0 Å². The molecule has 0 heterocycles. The van der Waals surface area contributed by atoms with E-state index in [9.17, 15) is 18.3 Å². The van der Waals surface area contributed by atoms with E-state index in [1.165, 1.54) is 12.1 Å². The van der Waals surface area contributed by atoms with E-state index in [2.05, 4.69) is 4.72 Å². The van der Waals surface area contributed by atoms with Crippen LogP contribution in [0.25, 0.3) is 11.1 Å². The summed E-state index contributed by atoms with van der Waals surface area (Å²) < 4.78 is 27.5. The Balaban J connectivity index is 2.07. The number of hydrogen-bond acceptors (Lipinski definition) is 4. The van der Waals surface area contributed by atoms with Gasteiger partial charge in [0.15, 0.2) is 0 Å². The molecule has 0 aliphatic carbocycles. The maximum Gasteiger partial charge on any atom is 0.321 e. The van der Waals surface area contributed by atoms with Crippen molar-refractivity contribution in [2.75, 3.05) is 20.6 Å². The van der Waals surface area contributed by atoms with Crippen LogP contribution in [0.1, 0.15) is 19.3 Å². The number of nitrogens with one attached hydrogen (secondary N) is 1. The third-order valence-electron chi connectivity index (χ3n) is 4.29. The van der Waals surface area contributed by atoms with Crippen LogP contribution in [0.5, 0.6) is 0 Å². The van der Waals surface area contributed by atoms with Gasteiger partial charge in [0.1, 0.15) is 6.04 Å². The van der Waals surface area contributed by atoms with Crippen molar-refractivity contribution in [2.45, 2.75) is 30.2 Å². The van der Waals surface area contributed by atoms with Gasteiger partial charge in [-0.05, 0) is 75.3 Å². The Morgan fingerprint density at radius 2 is 1.57 bits per heavy atom. The van der Waals surface area contributed by atoms with E-state index in [0.29, 0.717) is 11.4 Å². The minimum Gasteiger partial charge on any atom is -0.480 e. The largest absolute Gasteiger partial charge is 0.480 e. The first-order valence-electron chi connectivity index (χ1n) is 8.95. The Labute approximate surface area is 171 Å². The van der Waals surface area contributed by atoms with Gasteiger partial charge in [0, 0.05) is 5.02 Å². The summed E-state index contributed by atoms with van der Waals surface area (Å²) in [4.78, 5) is 13.5. The number of carboxylic acid groups (broad SMARTS) is 1. The second-order valence-electron chi connectivity index (χ2n) is 6.84. The zero-order valence-corrected chi connectivity index (χ0v) is 17.5. The first kappa shape index (κ1) is 22.4. The van der Waals surface area contributed by atoms with Gasteiger partial charge in [0.05, 0.1) is 4.90 Å². The van der Waals surface area contributed by atoms with Crippen LogP contribution in [-0.4, -0.2) is 51.1 Å². The first-order valence-corrected chi connectivity index (χ1v) is 10.8. The van der Waals surface area contributed by atoms with Crippen LogP contribution >= 0.6 is 11.6 Å². The van der Waals surface area contributed by atoms with E-state index in [0.717, 1.165) is 24.1 Å². The van der Waals surface area contributed by atoms with Gasteiger partial charge in [-0.3, -0.25) is 4.79 Å². The fraction of sp³-hybridized carbons (Fsp3) is 0.350. The smallest absolute Gasteiger partial charge is 0.321 e. The number of sulfonamides is 1. The molecule has 2 rings (SSSR count). The number of hydrogen-bond donors (Lipinski definition) is 2. The lowest BCUT2D eigenvalue weighted by molar-refractivity contribution is -0.139. The molecule has 2 N–H and O–H groups in total. The third kappa shape index (κ3) is 6.60. The monoisotopic (exact) mass is 424 g/mol. The molecule has 0 aliphatic heterocycles. The Hall–Kier alpha value is -1.93. The quantitative estimate of drug-likeness (QED) is 0.570. The number of aliphatic carboxylic acids is 1. The highest BCUT2D eigenvalue weighted by molar-refractivity contribution is 7.89. The molecule has 2 aromatic carbocycles. The maximum atomic E-state index is 12.6. The van der Waals surface area contributed by atoms with E-state index in [4.69, 9.17) is 11.6 Å². The molecule has 0 amide bonds. The molecule has 28 heavy (non-hydrogen) atoms. The normalized spacial score (nSPS) is 12.9. The van der Waals surface area contributed by atoms with Crippen molar-refractivity contribution in [3.05, 3.63) is 53.6 Å². The van der Waals surface area contributed by atoms with E-state index in [-0.39, 0.29) is 11.3 Å². The maximum absolute atomic E-state index is 12.6. The van der Waals surface area contributed by atoms with Gasteiger partial charge >= 0.3 is 5.97 Å². The molecule has 0 aromatic heterocycles. The minimum atomic E-state index is -3.93. The van der Waals surface area contributed by atoms with E-state index in [1.54, 1.807) is 24.3 Å². The molecular formula is C20H25ClN2O4S. The summed E-state index contributed by atoms with van der Waals surface area (Å²) in [6.07, 6.45) is 1.66. The van der Waals surface area contributed by atoms with E-state index in [1.807, 2.05) is 31.1 Å². The van der Waals surface area contributed by atoms with Crippen molar-refractivity contribution >= 4 is 27.6 Å². The van der Waals surface area contributed by atoms with Crippen molar-refractivity contribution in [1.29, 1.82) is 0 Å². The van der Waals surface area contributed by atoms with Gasteiger partial charge in [-0.25, -0.2) is 8.42 Å². The summed E-state index contributed by atoms with van der Waals surface area (Å²) in [7, 11) is -0.0548. The van der Waals surface area contributed by atoms with Crippen LogP contribution in [0.3, 0.4) is 0 Å². The predicted molar refractivity (Wildman–Crippen MR) is 111 cm³/mol. The molecule has 0 fully saturated rings. The molecule has 0 saturated carbocycles. The summed E-state index contributed by atoms with van der Waals surface area (Å²) in [6, 6.07) is 12.4. The molecule has 1 atom stereocenters. The van der Waals surface area contributed by atoms with Gasteiger partial charge in [0.2, 0.25) is 10.0 Å². The predicted octanol–water partition coefficient (Wildman–Crippen LogP) is 3.47. The summed E-state index contributed by atoms with van der Waals surface area (Å²) in [5.74, 6) is -1.17. The van der Waals surface area contributed by atoms with Gasteiger partial charge in [0.25, 0.3) is 0 Å². The summed E-state index contributed by atoms with van der Waals surface area (Å²) in [6.45, 7) is 0.825. The van der Waals surface area contributed by atoms with Crippen LogP contribution in [0.15, 0.2) is 53.4 Å². The van der Waals surface area contributed by atoms with E-state index < -0.39 is 22.0 Å². The molecule has 0 aliphatic rings. The average Bonchev–Trinajstić information content (AvgIpc) is 2.64. The molecule has 0 spiro atoms. The summed E-state index contributed by atoms with van der Waals surface area (Å²) >= 11 is 5.88. The average molecular weight is 425 g/mol. The molecule has 1 unspecified atom stereocenters. The Morgan fingerprint density at radius 1 is 1.04 bits per heavy atom. The molecular weight excluding hydrogens is 400 g/mol. The van der Waals surface area contributed by atoms with Crippen molar-refractivity contribution in [3.63, 3.8) is 0 Å². The second kappa shape index (κ2) is 10.0. The molecule has 0 saturated heterocycles. The van der Waals surface area contributed by atoms with Gasteiger partial charge in [-0.15, -0.1) is 0 Å². The SMILES string of the molecule is CN(C)CCCCC(NS(=O)(=O)c1ccc(-c2ccc(Cl)cc2)cc1)C(=O)O. The van der Waals surface area contributed by atoms with Crippen molar-refractivity contribution in [3.8, 4) is 11.1 Å². The highest BCUT2D eigenvalue weighted by Crippen LogP contribution is 2.23. The van der Waals surface area contributed by atoms with Gasteiger partial charge < -0.3 is 10.0 Å². The standard InChI is InChI=1S/C20H25ClN2O4S/c1-23(2)14-4-3-5-19(20(24)25)22-28(26,27)18-12-8-16(9-13-18)15-6-10-17(21)11-7-15/h6-13,19,22H,3-5,14H2,1-2H3,(H,24,25). The lowest BCUT2D eigenvalue weighted by Gasteiger charge is -2.16. The van der Waals surface area contributed by atoms with Crippen LogP contribution in [0.4, 0.5) is 0 Å². The van der Waals surface area contributed by atoms with Crippen LogP contribution in [0, 0.1) is 0 Å². The number of benzene rings is 2. The topological polar surface area (TPSA) is 86.7 Å². The zero-order valence-electron chi connectivity index (χ0n) is 15.9. The summed E-state index contributed by atoms with van der Waals surface area (Å²) in [5, 5.41) is 9.98. The number of unbranched alkanes of at least 4 members (excludes halogenated alkanes) is 1. The number of nitrogens with zero attached hydrogens (tertiary/aromatic N) is 1. The zero-order chi connectivity index (χ0) is 20.7. The minimum absolute atomic E-state index is 0.0322. The molecule has 8 heteroatoms. The van der Waals surface area contributed by atoms with Crippen LogP contribution < -0.4 is 4.72 Å². The number of rotatable bonds is 10. The van der Waals surface area contributed by atoms with Crippen molar-refractivity contribution in [1.82, 2.24) is 9.62 Å². The second-order valence-corrected chi connectivity index (χ2v) is 8.99. The Kier molecular flexibility index (Phi) is 8.00. The molecule has 0 radical (unpaired) electrons. The Bertz CT molecular complexity index is 881. The lowest BCUT2D eigenvalue weighted by atomic mass is 10.1. The first-order chi connectivity index (χ1) is 13.2. The van der Waals surface area contributed by atoms with Crippen molar-refractivity contribution in [2.24, 2.45) is 0 Å². The van der Waals surface area contributed by atoms with Gasteiger partial charge in [-0.1, -0.05) is 35.9 Å². The lowest BCUT2D eigenvalue weighted by Crippen LogP contribution is -2.40. The van der Waals surface area contributed by atoms with Crippen LogP contribution in [-0.2, 0) is 14.8 Å². The highest BCUT2D eigenvalue weighted by atomic mass is 35.5. The number of halogens is 1. The van der Waals surface area contributed by atoms with Crippen LogP contribution in [0.2, 0.25) is 5.02 Å². The Morgan fingerprint density at radius 3 is 2.07 bits per heavy atom. The molecule has 152 valence electrons. The summed E-state index contributed by atoms with van der Waals surface area (Å²) in [5.41, 5.74) is 1.75.